The van der Waals surface area contributed by atoms with E-state index in [-0.39, 0.29) is 5.56 Å². The van der Waals surface area contributed by atoms with Crippen LogP contribution in [0.5, 0.6) is 0 Å². The maximum atomic E-state index is 12.1. The standard InChI is InChI=1S/C12H15N3O/c1-3-6-11-14-10-8-5-4-7-9(10)12(16)15(11)13-2/h4-5,7-8,13H,3,6H2,1-2H3. The molecule has 0 aliphatic rings. The third kappa shape index (κ3) is 1.66. The molecular weight excluding hydrogens is 202 g/mol. The Hall–Kier alpha value is -1.84. The Kier molecular flexibility index (Phi) is 2.90. The molecule has 1 N–H and O–H groups in total. The van der Waals surface area contributed by atoms with E-state index in [2.05, 4.69) is 17.3 Å². The molecule has 0 amide bonds. The molecule has 0 atom stereocenters. The van der Waals surface area contributed by atoms with Crippen LogP contribution in [0.25, 0.3) is 10.9 Å². The highest BCUT2D eigenvalue weighted by atomic mass is 16.1. The number of aromatic nitrogens is 2. The second-order valence-corrected chi connectivity index (χ2v) is 3.66. The number of nitrogens with one attached hydrogen (secondary N) is 1. The van der Waals surface area contributed by atoms with Crippen molar-refractivity contribution in [2.45, 2.75) is 19.8 Å². The van der Waals surface area contributed by atoms with Gasteiger partial charge in [-0.15, -0.1) is 0 Å². The Labute approximate surface area is 93.9 Å². The fourth-order valence-corrected chi connectivity index (χ4v) is 1.80. The Morgan fingerprint density at radius 2 is 2.12 bits per heavy atom. The normalized spacial score (nSPS) is 10.6. The van der Waals surface area contributed by atoms with E-state index in [1.165, 1.54) is 4.68 Å². The first-order valence-electron chi connectivity index (χ1n) is 5.46. The molecule has 2 aromatic rings. The number of benzene rings is 1. The van der Waals surface area contributed by atoms with Gasteiger partial charge >= 0.3 is 0 Å². The SMILES string of the molecule is CCCc1nc2ccccc2c(=O)n1NC. The van der Waals surface area contributed by atoms with Gasteiger partial charge in [-0.2, -0.15) is 0 Å². The lowest BCUT2D eigenvalue weighted by Crippen LogP contribution is -2.31. The van der Waals surface area contributed by atoms with Gasteiger partial charge in [-0.1, -0.05) is 19.1 Å². The summed E-state index contributed by atoms with van der Waals surface area (Å²) in [5.41, 5.74) is 3.62. The summed E-state index contributed by atoms with van der Waals surface area (Å²) in [5.74, 6) is 0.786. The van der Waals surface area contributed by atoms with Crippen molar-refractivity contribution < 1.29 is 0 Å². The number of fused-ring (bicyclic) bond motifs is 1. The highest BCUT2D eigenvalue weighted by molar-refractivity contribution is 5.77. The zero-order valence-corrected chi connectivity index (χ0v) is 9.53. The maximum absolute atomic E-state index is 12.1. The smallest absolute Gasteiger partial charge is 0.279 e. The summed E-state index contributed by atoms with van der Waals surface area (Å²) in [6.07, 6.45) is 1.76. The Morgan fingerprint density at radius 1 is 1.38 bits per heavy atom. The van der Waals surface area contributed by atoms with Crippen LogP contribution in [0.1, 0.15) is 19.2 Å². The van der Waals surface area contributed by atoms with Crippen molar-refractivity contribution in [1.29, 1.82) is 0 Å². The molecule has 0 radical (unpaired) electrons. The lowest BCUT2D eigenvalue weighted by atomic mass is 10.2. The van der Waals surface area contributed by atoms with Crippen molar-refractivity contribution in [3.05, 3.63) is 40.4 Å². The molecule has 4 heteroatoms. The fraction of sp³-hybridized carbons (Fsp3) is 0.333. The van der Waals surface area contributed by atoms with Crippen LogP contribution in [0.2, 0.25) is 0 Å². The first-order chi connectivity index (χ1) is 7.77. The number of para-hydroxylation sites is 1. The molecule has 1 aromatic heterocycles. The molecule has 1 aromatic carbocycles. The number of rotatable bonds is 3. The van der Waals surface area contributed by atoms with Crippen LogP contribution in [0.15, 0.2) is 29.1 Å². The number of hydrogen-bond donors (Lipinski definition) is 1. The van der Waals surface area contributed by atoms with E-state index < -0.39 is 0 Å². The number of nitrogens with zero attached hydrogens (tertiary/aromatic N) is 2. The molecule has 84 valence electrons. The molecule has 0 saturated heterocycles. The van der Waals surface area contributed by atoms with E-state index in [0.717, 1.165) is 24.2 Å². The Bertz CT molecular complexity index is 560. The lowest BCUT2D eigenvalue weighted by molar-refractivity contribution is 0.727. The summed E-state index contributed by atoms with van der Waals surface area (Å²) in [4.78, 5) is 16.6. The van der Waals surface area contributed by atoms with Crippen molar-refractivity contribution in [3.8, 4) is 0 Å². The minimum atomic E-state index is -0.0310. The van der Waals surface area contributed by atoms with Crippen LogP contribution >= 0.6 is 0 Å². The van der Waals surface area contributed by atoms with Crippen molar-refractivity contribution >= 4 is 10.9 Å². The van der Waals surface area contributed by atoms with Gasteiger partial charge in [-0.05, 0) is 18.6 Å². The second-order valence-electron chi connectivity index (χ2n) is 3.66. The summed E-state index contributed by atoms with van der Waals surface area (Å²) >= 11 is 0. The average molecular weight is 217 g/mol. The van der Waals surface area contributed by atoms with Crippen LogP contribution in [0.3, 0.4) is 0 Å². The zero-order chi connectivity index (χ0) is 11.5. The Morgan fingerprint density at radius 3 is 2.81 bits per heavy atom. The Balaban J connectivity index is 2.76. The predicted octanol–water partition coefficient (Wildman–Crippen LogP) is 1.52. The van der Waals surface area contributed by atoms with Crippen LogP contribution < -0.4 is 11.0 Å². The monoisotopic (exact) mass is 217 g/mol. The topological polar surface area (TPSA) is 46.9 Å². The maximum Gasteiger partial charge on any atom is 0.279 e. The molecule has 0 spiro atoms. The van der Waals surface area contributed by atoms with Gasteiger partial charge in [0, 0.05) is 13.5 Å². The van der Waals surface area contributed by atoms with Crippen LogP contribution in [0, 0.1) is 0 Å². The van der Waals surface area contributed by atoms with Gasteiger partial charge in [0.05, 0.1) is 10.9 Å². The van der Waals surface area contributed by atoms with E-state index in [1.54, 1.807) is 13.1 Å². The molecule has 0 unspecified atom stereocenters. The van der Waals surface area contributed by atoms with E-state index in [0.29, 0.717) is 5.39 Å². The van der Waals surface area contributed by atoms with Gasteiger partial charge < -0.3 is 5.43 Å². The molecule has 0 bridgehead atoms. The molecule has 4 nitrogen and oxygen atoms in total. The largest absolute Gasteiger partial charge is 0.325 e. The minimum absolute atomic E-state index is 0.0310. The summed E-state index contributed by atoms with van der Waals surface area (Å²) in [6.45, 7) is 2.07. The number of hydrogen-bond acceptors (Lipinski definition) is 3. The van der Waals surface area contributed by atoms with Gasteiger partial charge in [-0.3, -0.25) is 4.79 Å². The first-order valence-corrected chi connectivity index (χ1v) is 5.46. The molecular formula is C12H15N3O. The summed E-state index contributed by atoms with van der Waals surface area (Å²) in [7, 11) is 1.73. The molecule has 0 aliphatic heterocycles. The molecule has 0 saturated carbocycles. The van der Waals surface area contributed by atoms with Gasteiger partial charge in [-0.25, -0.2) is 9.66 Å². The van der Waals surface area contributed by atoms with Gasteiger partial charge in [0.1, 0.15) is 5.82 Å². The van der Waals surface area contributed by atoms with Crippen LogP contribution in [-0.4, -0.2) is 16.7 Å². The van der Waals surface area contributed by atoms with Crippen molar-refractivity contribution in [2.24, 2.45) is 0 Å². The number of aryl methyl sites for hydroxylation is 1. The van der Waals surface area contributed by atoms with E-state index in [9.17, 15) is 4.79 Å². The zero-order valence-electron chi connectivity index (χ0n) is 9.53. The quantitative estimate of drug-likeness (QED) is 0.848. The van der Waals surface area contributed by atoms with Crippen LogP contribution in [-0.2, 0) is 6.42 Å². The van der Waals surface area contributed by atoms with E-state index in [1.807, 2.05) is 18.2 Å². The summed E-state index contributed by atoms with van der Waals surface area (Å²) in [6, 6.07) is 7.42. The van der Waals surface area contributed by atoms with Crippen molar-refractivity contribution in [2.75, 3.05) is 12.5 Å². The van der Waals surface area contributed by atoms with Crippen molar-refractivity contribution in [1.82, 2.24) is 9.66 Å². The van der Waals surface area contributed by atoms with Crippen molar-refractivity contribution in [3.63, 3.8) is 0 Å². The molecule has 1 heterocycles. The lowest BCUT2D eigenvalue weighted by Gasteiger charge is -2.11. The van der Waals surface area contributed by atoms with Gasteiger partial charge in [0.15, 0.2) is 0 Å². The molecule has 0 aliphatic carbocycles. The predicted molar refractivity (Wildman–Crippen MR) is 65.3 cm³/mol. The minimum Gasteiger partial charge on any atom is -0.325 e. The van der Waals surface area contributed by atoms with Crippen LogP contribution in [0.4, 0.5) is 0 Å². The van der Waals surface area contributed by atoms with Gasteiger partial charge in [0.2, 0.25) is 0 Å². The van der Waals surface area contributed by atoms with E-state index >= 15 is 0 Å². The molecule has 0 fully saturated rings. The highest BCUT2D eigenvalue weighted by Gasteiger charge is 2.08. The second kappa shape index (κ2) is 4.35. The third-order valence-corrected chi connectivity index (χ3v) is 2.54. The molecule has 16 heavy (non-hydrogen) atoms. The van der Waals surface area contributed by atoms with E-state index in [4.69, 9.17) is 0 Å². The molecule has 2 rings (SSSR count). The first kappa shape index (κ1) is 10.7. The summed E-state index contributed by atoms with van der Waals surface area (Å²) in [5, 5.41) is 0.650. The average Bonchev–Trinajstić information content (AvgIpc) is 2.30. The highest BCUT2D eigenvalue weighted by Crippen LogP contribution is 2.07. The van der Waals surface area contributed by atoms with Gasteiger partial charge in [0.25, 0.3) is 5.56 Å². The third-order valence-electron chi connectivity index (χ3n) is 2.54. The fourth-order valence-electron chi connectivity index (χ4n) is 1.80. The summed E-state index contributed by atoms with van der Waals surface area (Å²) < 4.78 is 1.52.